The van der Waals surface area contributed by atoms with Gasteiger partial charge in [-0.2, -0.15) is 0 Å². The van der Waals surface area contributed by atoms with Gasteiger partial charge in [0.2, 0.25) is 5.91 Å². The van der Waals surface area contributed by atoms with E-state index >= 15 is 0 Å². The van der Waals surface area contributed by atoms with Crippen LogP contribution in [0.2, 0.25) is 0 Å². The number of anilines is 1. The van der Waals surface area contributed by atoms with Crippen molar-refractivity contribution in [3.63, 3.8) is 0 Å². The van der Waals surface area contributed by atoms with Crippen LogP contribution < -0.4 is 10.5 Å². The van der Waals surface area contributed by atoms with Gasteiger partial charge in [-0.1, -0.05) is 6.92 Å². The molecule has 0 radical (unpaired) electrons. The largest absolute Gasteiger partial charge is 0.493 e. The quantitative estimate of drug-likeness (QED) is 0.770. The van der Waals surface area contributed by atoms with E-state index in [4.69, 9.17) is 10.5 Å². The zero-order chi connectivity index (χ0) is 14.3. The highest BCUT2D eigenvalue weighted by molar-refractivity contribution is 5.76. The maximum absolute atomic E-state index is 12.0. The van der Waals surface area contributed by atoms with Gasteiger partial charge in [0.25, 0.3) is 0 Å². The average Bonchev–Trinajstić information content (AvgIpc) is 2.41. The Bertz CT molecular complexity index is 390. The Morgan fingerprint density at radius 2 is 1.95 bits per heavy atom. The Kier molecular flexibility index (Phi) is 6.19. The van der Waals surface area contributed by atoms with E-state index in [1.165, 1.54) is 0 Å². The van der Waals surface area contributed by atoms with Crippen molar-refractivity contribution in [2.75, 3.05) is 18.9 Å². The molecular weight excluding hydrogens is 240 g/mol. The maximum Gasteiger partial charge on any atom is 0.226 e. The van der Waals surface area contributed by atoms with Crippen LogP contribution in [0.4, 0.5) is 5.69 Å². The van der Waals surface area contributed by atoms with Crippen LogP contribution >= 0.6 is 0 Å². The molecule has 1 unspecified atom stereocenters. The van der Waals surface area contributed by atoms with Crippen LogP contribution in [0, 0.1) is 0 Å². The molecule has 1 atom stereocenters. The van der Waals surface area contributed by atoms with Crippen LogP contribution in [-0.4, -0.2) is 30.0 Å². The van der Waals surface area contributed by atoms with Crippen molar-refractivity contribution in [3.8, 4) is 5.75 Å². The lowest BCUT2D eigenvalue weighted by atomic mass is 10.2. The summed E-state index contributed by atoms with van der Waals surface area (Å²) < 4.78 is 5.54. The van der Waals surface area contributed by atoms with E-state index in [1.807, 2.05) is 24.0 Å². The molecule has 4 heteroatoms. The lowest BCUT2D eigenvalue weighted by Gasteiger charge is -2.27. The Labute approximate surface area is 115 Å². The topological polar surface area (TPSA) is 55.6 Å². The molecule has 0 bridgehead atoms. The third-order valence-electron chi connectivity index (χ3n) is 3.25. The summed E-state index contributed by atoms with van der Waals surface area (Å²) in [6, 6.07) is 7.48. The van der Waals surface area contributed by atoms with Gasteiger partial charge in [-0.25, -0.2) is 0 Å². The van der Waals surface area contributed by atoms with Gasteiger partial charge in [-0.05, 0) is 44.5 Å². The first kappa shape index (κ1) is 15.3. The van der Waals surface area contributed by atoms with E-state index in [-0.39, 0.29) is 11.9 Å². The number of carbonyl (C=O) groups is 1. The first-order chi connectivity index (χ1) is 9.08. The lowest BCUT2D eigenvalue weighted by molar-refractivity contribution is -0.133. The van der Waals surface area contributed by atoms with Gasteiger partial charge >= 0.3 is 0 Å². The fraction of sp³-hybridized carbons (Fsp3) is 0.533. The molecule has 19 heavy (non-hydrogen) atoms. The van der Waals surface area contributed by atoms with E-state index in [9.17, 15) is 4.79 Å². The molecule has 0 saturated carbocycles. The number of nitrogens with two attached hydrogens (primary N) is 1. The van der Waals surface area contributed by atoms with Crippen LogP contribution in [0.5, 0.6) is 5.75 Å². The average molecular weight is 264 g/mol. The van der Waals surface area contributed by atoms with E-state index in [2.05, 4.69) is 13.8 Å². The van der Waals surface area contributed by atoms with Gasteiger partial charge in [0.15, 0.2) is 0 Å². The second-order valence-corrected chi connectivity index (χ2v) is 4.60. The van der Waals surface area contributed by atoms with Crippen molar-refractivity contribution in [3.05, 3.63) is 24.3 Å². The van der Waals surface area contributed by atoms with Gasteiger partial charge in [0.05, 0.1) is 13.0 Å². The zero-order valence-corrected chi connectivity index (χ0v) is 12.1. The normalized spacial score (nSPS) is 11.9. The first-order valence-corrected chi connectivity index (χ1v) is 6.86. The lowest BCUT2D eigenvalue weighted by Crippen LogP contribution is -2.38. The summed E-state index contributed by atoms with van der Waals surface area (Å²) >= 11 is 0. The molecule has 0 saturated heterocycles. The van der Waals surface area contributed by atoms with Crippen molar-refractivity contribution >= 4 is 11.6 Å². The van der Waals surface area contributed by atoms with E-state index in [0.29, 0.717) is 18.7 Å². The minimum absolute atomic E-state index is 0.146. The molecule has 0 aliphatic carbocycles. The standard InChI is InChI=1S/C15H24N2O2/c1-4-12(3)17(5-2)15(18)10-11-19-14-8-6-13(16)7-9-14/h6-9,12H,4-5,10-11,16H2,1-3H3. The number of ether oxygens (including phenoxy) is 1. The third-order valence-corrected chi connectivity index (χ3v) is 3.25. The number of rotatable bonds is 7. The fourth-order valence-corrected chi connectivity index (χ4v) is 1.92. The number of hydrogen-bond acceptors (Lipinski definition) is 3. The van der Waals surface area contributed by atoms with Gasteiger partial charge in [-0.15, -0.1) is 0 Å². The van der Waals surface area contributed by atoms with Crippen LogP contribution in [0.25, 0.3) is 0 Å². The first-order valence-electron chi connectivity index (χ1n) is 6.86. The third kappa shape index (κ3) is 4.81. The molecule has 0 aliphatic heterocycles. The second kappa shape index (κ2) is 7.67. The predicted molar refractivity (Wildman–Crippen MR) is 78.1 cm³/mol. The molecule has 1 amide bonds. The Morgan fingerprint density at radius 1 is 1.32 bits per heavy atom. The molecule has 1 rings (SSSR count). The summed E-state index contributed by atoms with van der Waals surface area (Å²) in [4.78, 5) is 13.9. The molecule has 0 heterocycles. The zero-order valence-electron chi connectivity index (χ0n) is 12.1. The monoisotopic (exact) mass is 264 g/mol. The highest BCUT2D eigenvalue weighted by atomic mass is 16.5. The summed E-state index contributed by atoms with van der Waals surface area (Å²) in [5, 5.41) is 0. The van der Waals surface area contributed by atoms with Gasteiger partial charge in [0, 0.05) is 18.3 Å². The smallest absolute Gasteiger partial charge is 0.226 e. The van der Waals surface area contributed by atoms with Crippen molar-refractivity contribution in [2.45, 2.75) is 39.7 Å². The van der Waals surface area contributed by atoms with Crippen LogP contribution in [-0.2, 0) is 4.79 Å². The number of amides is 1. The molecule has 106 valence electrons. The van der Waals surface area contributed by atoms with Crippen molar-refractivity contribution in [1.82, 2.24) is 4.90 Å². The Hall–Kier alpha value is -1.71. The summed E-state index contributed by atoms with van der Waals surface area (Å²) in [6.45, 7) is 7.31. The second-order valence-electron chi connectivity index (χ2n) is 4.60. The van der Waals surface area contributed by atoms with Crippen LogP contribution in [0.3, 0.4) is 0 Å². The summed E-state index contributed by atoms with van der Waals surface area (Å²) in [5.74, 6) is 0.890. The molecule has 0 aromatic heterocycles. The van der Waals surface area contributed by atoms with Gasteiger partial charge < -0.3 is 15.4 Å². The minimum atomic E-state index is 0.146. The molecule has 0 spiro atoms. The van der Waals surface area contributed by atoms with Crippen molar-refractivity contribution in [2.24, 2.45) is 0 Å². The maximum atomic E-state index is 12.0. The number of carbonyl (C=O) groups excluding carboxylic acids is 1. The van der Waals surface area contributed by atoms with Crippen LogP contribution in [0.15, 0.2) is 24.3 Å². The van der Waals surface area contributed by atoms with E-state index in [1.54, 1.807) is 12.1 Å². The van der Waals surface area contributed by atoms with Crippen molar-refractivity contribution < 1.29 is 9.53 Å². The van der Waals surface area contributed by atoms with Gasteiger partial charge in [-0.3, -0.25) is 4.79 Å². The number of benzene rings is 1. The van der Waals surface area contributed by atoms with E-state index < -0.39 is 0 Å². The molecule has 0 aliphatic rings. The molecule has 1 aromatic carbocycles. The molecule has 2 N–H and O–H groups in total. The summed E-state index contributed by atoms with van der Waals surface area (Å²) in [6.07, 6.45) is 1.38. The molecule has 1 aromatic rings. The summed E-state index contributed by atoms with van der Waals surface area (Å²) in [7, 11) is 0. The van der Waals surface area contributed by atoms with Crippen LogP contribution in [0.1, 0.15) is 33.6 Å². The molecule has 0 fully saturated rings. The predicted octanol–water partition coefficient (Wildman–Crippen LogP) is 2.68. The fourth-order valence-electron chi connectivity index (χ4n) is 1.92. The van der Waals surface area contributed by atoms with Gasteiger partial charge in [0.1, 0.15) is 5.75 Å². The highest BCUT2D eigenvalue weighted by Gasteiger charge is 2.16. The van der Waals surface area contributed by atoms with E-state index in [0.717, 1.165) is 18.7 Å². The Balaban J connectivity index is 2.39. The number of nitrogen functional groups attached to an aromatic ring is 1. The summed E-state index contributed by atoms with van der Waals surface area (Å²) in [5.41, 5.74) is 6.30. The number of nitrogens with zero attached hydrogens (tertiary/aromatic N) is 1. The SMILES string of the molecule is CCC(C)N(CC)C(=O)CCOc1ccc(N)cc1. The highest BCUT2D eigenvalue weighted by Crippen LogP contribution is 2.13. The molecule has 4 nitrogen and oxygen atoms in total. The Morgan fingerprint density at radius 3 is 2.47 bits per heavy atom. The number of hydrogen-bond donors (Lipinski definition) is 1. The molecular formula is C15H24N2O2. The van der Waals surface area contributed by atoms with Crippen molar-refractivity contribution in [1.29, 1.82) is 0 Å². The minimum Gasteiger partial charge on any atom is -0.493 e.